The van der Waals surface area contributed by atoms with Gasteiger partial charge in [0.2, 0.25) is 5.91 Å². The van der Waals surface area contributed by atoms with Gasteiger partial charge < -0.3 is 26.4 Å². The van der Waals surface area contributed by atoms with Gasteiger partial charge in [-0.25, -0.2) is 8.78 Å². The molecule has 3 aromatic rings. The minimum Gasteiger partial charge on any atom is -0.495 e. The van der Waals surface area contributed by atoms with Crippen LogP contribution in [-0.2, 0) is 10.2 Å². The Morgan fingerprint density at radius 3 is 2.50 bits per heavy atom. The standard InChI is InChI=1S/C34H37Cl2F2N5O3/c1-33(2,3)17-27-34(18-40,22-11-10-20(35)16-24(22)37)28(21-7-5-8-23(36)29(21)38)30(43-27)32(45)42-25-12-9-19(15-26(25)46-4)31(44)41-14-6-13-39/h5,7-12,15-16,27-28,30,43H,6,13-14,17,39H2,1-4H3,(H,41,44)(H,42,45)/t27-,28-,30+,34-/m0/s1. The number of nitrogens with zero attached hydrogens (tertiary/aromatic N) is 1. The maximum atomic E-state index is 15.9. The van der Waals surface area contributed by atoms with Crippen molar-refractivity contribution in [2.75, 3.05) is 25.5 Å². The molecule has 1 fully saturated rings. The molecule has 0 unspecified atom stereocenters. The molecule has 0 aromatic heterocycles. The molecule has 244 valence electrons. The van der Waals surface area contributed by atoms with Crippen molar-refractivity contribution >= 4 is 40.7 Å². The Morgan fingerprint density at radius 2 is 1.87 bits per heavy atom. The Kier molecular flexibility index (Phi) is 11.0. The largest absolute Gasteiger partial charge is 0.495 e. The summed E-state index contributed by atoms with van der Waals surface area (Å²) in [5, 5.41) is 19.8. The van der Waals surface area contributed by atoms with Gasteiger partial charge in [0.1, 0.15) is 22.8 Å². The quantitative estimate of drug-likeness (QED) is 0.187. The molecule has 0 spiro atoms. The first-order valence-electron chi connectivity index (χ1n) is 14.8. The van der Waals surface area contributed by atoms with E-state index < -0.39 is 46.4 Å². The van der Waals surface area contributed by atoms with Crippen molar-refractivity contribution < 1.29 is 23.1 Å². The topological polar surface area (TPSA) is 129 Å². The van der Waals surface area contributed by atoms with Gasteiger partial charge in [-0.3, -0.25) is 9.59 Å². The van der Waals surface area contributed by atoms with Crippen LogP contribution in [0.25, 0.3) is 0 Å². The van der Waals surface area contributed by atoms with Crippen molar-refractivity contribution in [3.63, 3.8) is 0 Å². The van der Waals surface area contributed by atoms with Gasteiger partial charge in [0.25, 0.3) is 5.91 Å². The second-order valence-electron chi connectivity index (χ2n) is 12.5. The van der Waals surface area contributed by atoms with Crippen LogP contribution in [0, 0.1) is 28.4 Å². The van der Waals surface area contributed by atoms with Crippen LogP contribution in [0.4, 0.5) is 14.5 Å². The molecule has 8 nitrogen and oxygen atoms in total. The Labute approximate surface area is 277 Å². The maximum Gasteiger partial charge on any atom is 0.251 e. The molecule has 4 atom stereocenters. The summed E-state index contributed by atoms with van der Waals surface area (Å²) < 4.78 is 37.2. The number of carbonyl (C=O) groups excluding carboxylic acids is 2. The molecule has 0 aliphatic carbocycles. The van der Waals surface area contributed by atoms with E-state index in [1.54, 1.807) is 0 Å². The fraction of sp³-hybridized carbons (Fsp3) is 0.382. The Morgan fingerprint density at radius 1 is 1.13 bits per heavy atom. The van der Waals surface area contributed by atoms with E-state index in [2.05, 4.69) is 22.0 Å². The highest BCUT2D eigenvalue weighted by molar-refractivity contribution is 6.31. The van der Waals surface area contributed by atoms with E-state index in [-0.39, 0.29) is 38.5 Å². The summed E-state index contributed by atoms with van der Waals surface area (Å²) in [5.74, 6) is -3.59. The molecule has 12 heteroatoms. The minimum atomic E-state index is -1.77. The maximum absolute atomic E-state index is 15.9. The van der Waals surface area contributed by atoms with Crippen LogP contribution in [0.1, 0.15) is 61.0 Å². The lowest BCUT2D eigenvalue weighted by atomic mass is 9.62. The molecular weight excluding hydrogens is 635 g/mol. The number of halogens is 4. The highest BCUT2D eigenvalue weighted by Crippen LogP contribution is 2.53. The summed E-state index contributed by atoms with van der Waals surface area (Å²) in [6, 6.07) is 13.1. The zero-order chi connectivity index (χ0) is 33.8. The second-order valence-corrected chi connectivity index (χ2v) is 13.3. The average Bonchev–Trinajstić information content (AvgIpc) is 3.31. The lowest BCUT2D eigenvalue weighted by molar-refractivity contribution is -0.118. The lowest BCUT2D eigenvalue weighted by Crippen LogP contribution is -2.45. The fourth-order valence-corrected chi connectivity index (χ4v) is 6.45. The second kappa shape index (κ2) is 14.3. The number of anilines is 1. The molecule has 0 radical (unpaired) electrons. The zero-order valence-electron chi connectivity index (χ0n) is 26.0. The monoisotopic (exact) mass is 671 g/mol. The highest BCUT2D eigenvalue weighted by Gasteiger charge is 2.61. The van der Waals surface area contributed by atoms with E-state index >= 15 is 8.78 Å². The van der Waals surface area contributed by atoms with Gasteiger partial charge in [0.15, 0.2) is 0 Å². The molecule has 1 aliphatic heterocycles. The van der Waals surface area contributed by atoms with Crippen LogP contribution in [0.5, 0.6) is 5.75 Å². The van der Waals surface area contributed by atoms with Crippen LogP contribution < -0.4 is 26.4 Å². The molecule has 46 heavy (non-hydrogen) atoms. The lowest BCUT2D eigenvalue weighted by Gasteiger charge is -2.37. The molecule has 1 heterocycles. The van der Waals surface area contributed by atoms with E-state index in [9.17, 15) is 14.9 Å². The number of benzene rings is 3. The number of hydrogen-bond acceptors (Lipinski definition) is 6. The van der Waals surface area contributed by atoms with Crippen molar-refractivity contribution in [3.8, 4) is 11.8 Å². The Balaban J connectivity index is 1.85. The number of ether oxygens (including phenoxy) is 1. The van der Waals surface area contributed by atoms with Gasteiger partial charge in [-0.1, -0.05) is 62.2 Å². The predicted molar refractivity (Wildman–Crippen MR) is 175 cm³/mol. The third-order valence-corrected chi connectivity index (χ3v) is 8.65. The summed E-state index contributed by atoms with van der Waals surface area (Å²) in [5.41, 5.74) is 3.83. The molecule has 0 bridgehead atoms. The van der Waals surface area contributed by atoms with Gasteiger partial charge in [-0.15, -0.1) is 0 Å². The van der Waals surface area contributed by atoms with E-state index in [0.717, 1.165) is 6.07 Å². The number of nitrogens with one attached hydrogen (secondary N) is 3. The average molecular weight is 673 g/mol. The van der Waals surface area contributed by atoms with Crippen LogP contribution in [-0.4, -0.2) is 44.1 Å². The summed E-state index contributed by atoms with van der Waals surface area (Å²) >= 11 is 12.3. The molecule has 1 aliphatic rings. The molecule has 5 N–H and O–H groups in total. The van der Waals surface area contributed by atoms with Crippen LogP contribution >= 0.6 is 23.2 Å². The van der Waals surface area contributed by atoms with Gasteiger partial charge >= 0.3 is 0 Å². The van der Waals surface area contributed by atoms with Gasteiger partial charge in [0.05, 0.1) is 29.9 Å². The predicted octanol–water partition coefficient (Wildman–Crippen LogP) is 6.32. The van der Waals surface area contributed by atoms with E-state index in [4.69, 9.17) is 33.7 Å². The molecule has 3 aromatic carbocycles. The zero-order valence-corrected chi connectivity index (χ0v) is 27.5. The summed E-state index contributed by atoms with van der Waals surface area (Å²) in [7, 11) is 1.39. The van der Waals surface area contributed by atoms with E-state index in [1.807, 2.05) is 20.8 Å². The van der Waals surface area contributed by atoms with Gasteiger partial charge in [-0.2, -0.15) is 5.26 Å². The number of carbonyl (C=O) groups is 2. The molecule has 1 saturated heterocycles. The number of hydrogen-bond donors (Lipinski definition) is 4. The van der Waals surface area contributed by atoms with Crippen LogP contribution in [0.3, 0.4) is 0 Å². The van der Waals surface area contributed by atoms with Crippen LogP contribution in [0.2, 0.25) is 10.0 Å². The Hall–Kier alpha value is -3.75. The van der Waals surface area contributed by atoms with E-state index in [1.165, 1.54) is 55.6 Å². The first-order chi connectivity index (χ1) is 21.8. The Bertz CT molecular complexity index is 1660. The third kappa shape index (κ3) is 7.13. The minimum absolute atomic E-state index is 0.0241. The number of nitriles is 1. The van der Waals surface area contributed by atoms with Gasteiger partial charge in [0, 0.05) is 34.7 Å². The normalized spacial score (nSPS) is 21.0. The summed E-state index contributed by atoms with van der Waals surface area (Å²) in [6.45, 7) is 6.69. The summed E-state index contributed by atoms with van der Waals surface area (Å²) in [6.07, 6.45) is 0.933. The molecular formula is C34H37Cl2F2N5O3. The highest BCUT2D eigenvalue weighted by atomic mass is 35.5. The third-order valence-electron chi connectivity index (χ3n) is 8.12. The van der Waals surface area contributed by atoms with Crippen molar-refractivity contribution in [3.05, 3.63) is 93.0 Å². The van der Waals surface area contributed by atoms with Crippen molar-refractivity contribution in [1.82, 2.24) is 10.6 Å². The first-order valence-corrected chi connectivity index (χ1v) is 15.6. The van der Waals surface area contributed by atoms with Crippen molar-refractivity contribution in [2.45, 2.75) is 57.0 Å². The summed E-state index contributed by atoms with van der Waals surface area (Å²) in [4.78, 5) is 26.8. The molecule has 2 amide bonds. The number of rotatable bonds is 10. The van der Waals surface area contributed by atoms with Crippen molar-refractivity contribution in [2.24, 2.45) is 11.1 Å². The number of amides is 2. The molecule has 0 saturated carbocycles. The number of nitrogens with two attached hydrogens (primary N) is 1. The van der Waals surface area contributed by atoms with Crippen molar-refractivity contribution in [1.29, 1.82) is 5.26 Å². The fourth-order valence-electron chi connectivity index (χ4n) is 6.11. The smallest absolute Gasteiger partial charge is 0.251 e. The molecule has 4 rings (SSSR count). The SMILES string of the molecule is COc1cc(C(=O)NCCCN)ccc1NC(=O)[C@@H]1N[C@@H](CC(C)(C)C)[C@](C#N)(c2ccc(Cl)cc2F)[C@H]1c1cccc(Cl)c1F. The van der Waals surface area contributed by atoms with E-state index in [0.29, 0.717) is 31.5 Å². The van der Waals surface area contributed by atoms with Crippen LogP contribution in [0.15, 0.2) is 54.6 Å². The first kappa shape index (κ1) is 35.1. The van der Waals surface area contributed by atoms with Gasteiger partial charge in [-0.05, 0) is 66.8 Å². The number of methoxy groups -OCH3 is 1.